The number of carbonyl (C=O) groups is 1. The van der Waals surface area contributed by atoms with Crippen LogP contribution in [0.3, 0.4) is 0 Å². The molecular weight excluding hydrogens is 363 g/mol. The van der Waals surface area contributed by atoms with E-state index in [0.717, 1.165) is 11.3 Å². The quantitative estimate of drug-likeness (QED) is 0.785. The van der Waals surface area contributed by atoms with E-state index in [4.69, 9.17) is 17.0 Å². The summed E-state index contributed by atoms with van der Waals surface area (Å²) in [5.41, 5.74) is 2.94. The van der Waals surface area contributed by atoms with Gasteiger partial charge in [-0.3, -0.25) is 4.79 Å². The lowest BCUT2D eigenvalue weighted by atomic mass is 9.92. The molecule has 1 aliphatic heterocycles. The van der Waals surface area contributed by atoms with E-state index in [1.54, 1.807) is 30.0 Å². The first-order chi connectivity index (χ1) is 12.9. The summed E-state index contributed by atoms with van der Waals surface area (Å²) in [6.07, 6.45) is 0. The summed E-state index contributed by atoms with van der Waals surface area (Å²) in [7, 11) is 1.84. The topological polar surface area (TPSA) is 41.6 Å². The Morgan fingerprint density at radius 3 is 2.52 bits per heavy atom. The van der Waals surface area contributed by atoms with Gasteiger partial charge in [-0.1, -0.05) is 30.3 Å². The second-order valence-corrected chi connectivity index (χ2v) is 6.83. The molecule has 27 heavy (non-hydrogen) atoms. The van der Waals surface area contributed by atoms with Crippen molar-refractivity contribution < 1.29 is 13.9 Å². The van der Waals surface area contributed by atoms with Crippen molar-refractivity contribution in [2.45, 2.75) is 26.5 Å². The van der Waals surface area contributed by atoms with Crippen LogP contribution in [0.1, 0.15) is 31.0 Å². The second kappa shape index (κ2) is 7.88. The number of allylic oxidation sites excluding steroid dienone is 1. The molecule has 6 heteroatoms. The first kappa shape index (κ1) is 19.0. The van der Waals surface area contributed by atoms with Crippen LogP contribution in [-0.4, -0.2) is 22.8 Å². The van der Waals surface area contributed by atoms with E-state index in [2.05, 4.69) is 5.32 Å². The Labute approximate surface area is 163 Å². The van der Waals surface area contributed by atoms with E-state index in [1.165, 1.54) is 6.07 Å². The predicted molar refractivity (Wildman–Crippen MR) is 107 cm³/mol. The maximum Gasteiger partial charge on any atom is 0.173 e. The van der Waals surface area contributed by atoms with Gasteiger partial charge in [0.1, 0.15) is 18.2 Å². The van der Waals surface area contributed by atoms with Crippen molar-refractivity contribution in [3.05, 3.63) is 76.7 Å². The van der Waals surface area contributed by atoms with Crippen LogP contribution in [0.5, 0.6) is 5.75 Å². The van der Waals surface area contributed by atoms with E-state index in [1.807, 2.05) is 38.2 Å². The number of hydrogen-bond donors (Lipinski definition) is 1. The molecule has 1 heterocycles. The third-order valence-electron chi connectivity index (χ3n) is 4.70. The molecule has 1 N–H and O–H groups in total. The zero-order chi connectivity index (χ0) is 19.6. The standard InChI is InChI=1S/C21H21FN2O2S/c1-13-19(14(2)25)20(23-21(27)24(13)3)15-8-10-17(11-9-15)26-12-16-6-4-5-7-18(16)22/h4-11,20H,12H2,1-3H3,(H,23,27). The summed E-state index contributed by atoms with van der Waals surface area (Å²) in [5, 5.41) is 3.79. The van der Waals surface area contributed by atoms with Gasteiger partial charge in [-0.05, 0) is 49.8 Å². The highest BCUT2D eigenvalue weighted by Gasteiger charge is 2.30. The number of benzene rings is 2. The molecule has 0 aliphatic carbocycles. The highest BCUT2D eigenvalue weighted by atomic mass is 32.1. The number of ether oxygens (including phenoxy) is 1. The largest absolute Gasteiger partial charge is 0.489 e. The maximum atomic E-state index is 13.7. The number of carbonyl (C=O) groups excluding carboxylic acids is 1. The van der Waals surface area contributed by atoms with Crippen LogP contribution in [0.25, 0.3) is 0 Å². The third-order valence-corrected chi connectivity index (χ3v) is 5.09. The van der Waals surface area contributed by atoms with E-state index < -0.39 is 0 Å². The van der Waals surface area contributed by atoms with Crippen molar-refractivity contribution in [2.75, 3.05) is 7.05 Å². The highest BCUT2D eigenvalue weighted by molar-refractivity contribution is 7.80. The molecule has 2 aromatic carbocycles. The second-order valence-electron chi connectivity index (χ2n) is 6.45. The fourth-order valence-electron chi connectivity index (χ4n) is 3.08. The van der Waals surface area contributed by atoms with Crippen LogP contribution in [0, 0.1) is 5.82 Å². The van der Waals surface area contributed by atoms with E-state index in [0.29, 0.717) is 22.0 Å². The van der Waals surface area contributed by atoms with E-state index >= 15 is 0 Å². The molecule has 0 radical (unpaired) electrons. The lowest BCUT2D eigenvalue weighted by molar-refractivity contribution is -0.114. The van der Waals surface area contributed by atoms with Gasteiger partial charge < -0.3 is 15.0 Å². The third kappa shape index (κ3) is 4.01. The van der Waals surface area contributed by atoms with E-state index in [-0.39, 0.29) is 24.2 Å². The first-order valence-electron chi connectivity index (χ1n) is 8.60. The van der Waals surface area contributed by atoms with Gasteiger partial charge in [0.15, 0.2) is 10.9 Å². The van der Waals surface area contributed by atoms with E-state index in [9.17, 15) is 9.18 Å². The summed E-state index contributed by atoms with van der Waals surface area (Å²) >= 11 is 5.36. The number of nitrogens with one attached hydrogen (secondary N) is 1. The molecule has 2 aromatic rings. The van der Waals surface area contributed by atoms with Gasteiger partial charge in [-0.2, -0.15) is 0 Å². The van der Waals surface area contributed by atoms with Crippen LogP contribution in [0.4, 0.5) is 4.39 Å². The summed E-state index contributed by atoms with van der Waals surface area (Å²) in [5.74, 6) is 0.340. The Morgan fingerprint density at radius 1 is 1.22 bits per heavy atom. The Hall–Kier alpha value is -2.73. The molecule has 4 nitrogen and oxygen atoms in total. The van der Waals surface area contributed by atoms with Crippen molar-refractivity contribution >= 4 is 23.1 Å². The zero-order valence-corrected chi connectivity index (χ0v) is 16.3. The molecule has 1 aliphatic rings. The number of nitrogens with zero attached hydrogens (tertiary/aromatic N) is 1. The van der Waals surface area contributed by atoms with Gasteiger partial charge in [0, 0.05) is 23.9 Å². The van der Waals surface area contributed by atoms with Crippen LogP contribution >= 0.6 is 12.2 Å². The average molecular weight is 384 g/mol. The fourth-order valence-corrected chi connectivity index (χ4v) is 3.33. The van der Waals surface area contributed by atoms with Crippen LogP contribution in [0.2, 0.25) is 0 Å². The molecule has 1 atom stereocenters. The number of thiocarbonyl (C=S) groups is 1. The van der Waals surface area contributed by atoms with Gasteiger partial charge >= 0.3 is 0 Å². The summed E-state index contributed by atoms with van der Waals surface area (Å²) in [6.45, 7) is 3.60. The lowest BCUT2D eigenvalue weighted by Gasteiger charge is -2.35. The number of rotatable bonds is 5. The van der Waals surface area contributed by atoms with Gasteiger partial charge in [-0.25, -0.2) is 4.39 Å². The minimum Gasteiger partial charge on any atom is -0.489 e. The summed E-state index contributed by atoms with van der Waals surface area (Å²) in [4.78, 5) is 14.0. The van der Waals surface area contributed by atoms with Crippen LogP contribution < -0.4 is 10.1 Å². The normalized spacial score (nSPS) is 17.0. The molecule has 3 rings (SSSR count). The van der Waals surface area contributed by atoms with Gasteiger partial charge in [0.05, 0.1) is 6.04 Å². The molecule has 140 valence electrons. The fraction of sp³-hybridized carbons (Fsp3) is 0.238. The molecule has 0 saturated heterocycles. The smallest absolute Gasteiger partial charge is 0.173 e. The molecule has 1 unspecified atom stereocenters. The molecule has 0 fully saturated rings. The monoisotopic (exact) mass is 384 g/mol. The van der Waals surface area contributed by atoms with Gasteiger partial charge in [0.25, 0.3) is 0 Å². The SMILES string of the molecule is CC(=O)C1=C(C)N(C)C(=S)NC1c1ccc(OCc2ccccc2F)cc1. The first-order valence-corrected chi connectivity index (χ1v) is 9.01. The van der Waals surface area contributed by atoms with Crippen LogP contribution in [0.15, 0.2) is 59.8 Å². The minimum absolute atomic E-state index is 0.000714. The molecule has 0 aromatic heterocycles. The number of halogens is 1. The van der Waals surface area contributed by atoms with Gasteiger partial charge in [0.2, 0.25) is 0 Å². The van der Waals surface area contributed by atoms with Crippen molar-refractivity contribution in [1.29, 1.82) is 0 Å². The molecule has 0 bridgehead atoms. The number of hydrogen-bond acceptors (Lipinski definition) is 3. The zero-order valence-electron chi connectivity index (χ0n) is 15.5. The lowest BCUT2D eigenvalue weighted by Crippen LogP contribution is -2.45. The average Bonchev–Trinajstić information content (AvgIpc) is 2.65. The maximum absolute atomic E-state index is 13.7. The Kier molecular flexibility index (Phi) is 5.56. The van der Waals surface area contributed by atoms with Gasteiger partial charge in [-0.15, -0.1) is 0 Å². The molecule has 0 amide bonds. The van der Waals surface area contributed by atoms with Crippen molar-refractivity contribution in [1.82, 2.24) is 10.2 Å². The predicted octanol–water partition coefficient (Wildman–Crippen LogP) is 4.13. The minimum atomic E-state index is -0.299. The number of Topliss-reactive ketones (excluding diaryl/α,β-unsaturated/α-hetero) is 1. The summed E-state index contributed by atoms with van der Waals surface area (Å²) in [6, 6.07) is 13.6. The Morgan fingerprint density at radius 2 is 1.89 bits per heavy atom. The molecular formula is C21H21FN2O2S. The van der Waals surface area contributed by atoms with Crippen molar-refractivity contribution in [3.8, 4) is 5.75 Å². The summed E-state index contributed by atoms with van der Waals surface area (Å²) < 4.78 is 19.4. The Balaban J connectivity index is 1.79. The Bertz CT molecular complexity index is 909. The van der Waals surface area contributed by atoms with Crippen molar-refractivity contribution in [2.24, 2.45) is 0 Å². The number of ketones is 1. The van der Waals surface area contributed by atoms with Crippen molar-refractivity contribution in [3.63, 3.8) is 0 Å². The molecule has 0 spiro atoms. The molecule has 0 saturated carbocycles. The highest BCUT2D eigenvalue weighted by Crippen LogP contribution is 2.31. The van der Waals surface area contributed by atoms with Crippen LogP contribution in [-0.2, 0) is 11.4 Å².